The Labute approximate surface area is 168 Å². The molecule has 0 saturated carbocycles. The van der Waals surface area contributed by atoms with Crippen molar-refractivity contribution in [2.75, 3.05) is 7.11 Å². The van der Waals surface area contributed by atoms with Gasteiger partial charge in [0.2, 0.25) is 0 Å². The number of hydrogen-bond donors (Lipinski definition) is 2. The normalized spacial score (nSPS) is 17.6. The largest absolute Gasteiger partial charge is 0.477 e. The predicted molar refractivity (Wildman–Crippen MR) is 106 cm³/mol. The number of allylic oxidation sites excluding steroid dienone is 1. The van der Waals surface area contributed by atoms with Crippen molar-refractivity contribution < 1.29 is 24.2 Å². The van der Waals surface area contributed by atoms with E-state index in [0.717, 1.165) is 5.56 Å². The SMILES string of the molecule is COC(=O)C1CC/C(=C(\NC(=O)c2ccccc2)C(=O)O)N1Cc1ccccc1. The van der Waals surface area contributed by atoms with Gasteiger partial charge in [0.05, 0.1) is 7.11 Å². The lowest BCUT2D eigenvalue weighted by Gasteiger charge is -2.27. The van der Waals surface area contributed by atoms with Gasteiger partial charge in [0, 0.05) is 17.8 Å². The van der Waals surface area contributed by atoms with Crippen LogP contribution in [0.15, 0.2) is 72.1 Å². The van der Waals surface area contributed by atoms with Crippen LogP contribution in [0.25, 0.3) is 0 Å². The molecule has 150 valence electrons. The Morgan fingerprint density at radius 1 is 1.07 bits per heavy atom. The fraction of sp³-hybridized carbons (Fsp3) is 0.227. The maximum Gasteiger partial charge on any atom is 0.354 e. The quantitative estimate of drug-likeness (QED) is 0.577. The van der Waals surface area contributed by atoms with Crippen LogP contribution < -0.4 is 5.32 Å². The second-order valence-electron chi connectivity index (χ2n) is 6.64. The molecule has 0 aromatic heterocycles. The second kappa shape index (κ2) is 9.05. The summed E-state index contributed by atoms with van der Waals surface area (Å²) in [4.78, 5) is 38.5. The predicted octanol–water partition coefficient (Wildman–Crippen LogP) is 2.55. The first-order valence-corrected chi connectivity index (χ1v) is 9.22. The number of aliphatic carboxylic acids is 1. The van der Waals surface area contributed by atoms with E-state index < -0.39 is 23.9 Å². The van der Waals surface area contributed by atoms with Crippen LogP contribution in [0.3, 0.4) is 0 Å². The summed E-state index contributed by atoms with van der Waals surface area (Å²) in [5, 5.41) is 12.3. The molecule has 1 unspecified atom stereocenters. The van der Waals surface area contributed by atoms with E-state index in [4.69, 9.17) is 4.74 Å². The Bertz CT molecular complexity index is 925. The Kier molecular flexibility index (Phi) is 6.29. The highest BCUT2D eigenvalue weighted by Gasteiger charge is 2.37. The minimum absolute atomic E-state index is 0.221. The minimum atomic E-state index is -1.26. The summed E-state index contributed by atoms with van der Waals surface area (Å²) in [5.74, 6) is -2.21. The van der Waals surface area contributed by atoms with E-state index in [1.165, 1.54) is 7.11 Å². The van der Waals surface area contributed by atoms with E-state index in [0.29, 0.717) is 30.6 Å². The molecule has 7 nitrogen and oxygen atoms in total. The van der Waals surface area contributed by atoms with Crippen molar-refractivity contribution in [2.24, 2.45) is 0 Å². The van der Waals surface area contributed by atoms with Crippen molar-refractivity contribution in [3.05, 3.63) is 83.2 Å². The molecule has 2 aromatic rings. The number of hydrogen-bond acceptors (Lipinski definition) is 5. The molecule has 7 heteroatoms. The van der Waals surface area contributed by atoms with E-state index >= 15 is 0 Å². The molecule has 29 heavy (non-hydrogen) atoms. The zero-order valence-corrected chi connectivity index (χ0v) is 16.0. The smallest absolute Gasteiger partial charge is 0.354 e. The lowest BCUT2D eigenvalue weighted by molar-refractivity contribution is -0.145. The summed E-state index contributed by atoms with van der Waals surface area (Å²) < 4.78 is 4.90. The Balaban J connectivity index is 1.96. The van der Waals surface area contributed by atoms with Gasteiger partial charge in [-0.05, 0) is 30.5 Å². The molecule has 2 N–H and O–H groups in total. The number of carbonyl (C=O) groups excluding carboxylic acids is 2. The van der Waals surface area contributed by atoms with Crippen LogP contribution in [0.4, 0.5) is 0 Å². The van der Waals surface area contributed by atoms with Gasteiger partial charge in [-0.3, -0.25) is 4.79 Å². The van der Waals surface area contributed by atoms with Crippen molar-refractivity contribution in [3.63, 3.8) is 0 Å². The molecule has 1 amide bonds. The van der Waals surface area contributed by atoms with Crippen LogP contribution in [0, 0.1) is 0 Å². The van der Waals surface area contributed by atoms with Gasteiger partial charge in [0.1, 0.15) is 11.7 Å². The average Bonchev–Trinajstić information content (AvgIpc) is 3.15. The van der Waals surface area contributed by atoms with Gasteiger partial charge in [0.15, 0.2) is 0 Å². The Morgan fingerprint density at radius 3 is 2.28 bits per heavy atom. The van der Waals surface area contributed by atoms with Gasteiger partial charge in [-0.15, -0.1) is 0 Å². The van der Waals surface area contributed by atoms with Crippen LogP contribution >= 0.6 is 0 Å². The van der Waals surface area contributed by atoms with E-state index in [2.05, 4.69) is 5.32 Å². The van der Waals surface area contributed by atoms with Gasteiger partial charge in [-0.1, -0.05) is 48.5 Å². The number of carbonyl (C=O) groups is 3. The number of carboxylic acid groups (broad SMARTS) is 1. The summed E-state index contributed by atoms with van der Waals surface area (Å²) in [6.07, 6.45) is 0.746. The number of benzene rings is 2. The second-order valence-corrected chi connectivity index (χ2v) is 6.64. The van der Waals surface area contributed by atoms with Crippen LogP contribution in [0.5, 0.6) is 0 Å². The van der Waals surface area contributed by atoms with Crippen LogP contribution in [0.1, 0.15) is 28.8 Å². The first-order chi connectivity index (χ1) is 14.0. The lowest BCUT2D eigenvalue weighted by Crippen LogP contribution is -2.38. The van der Waals surface area contributed by atoms with E-state index in [1.807, 2.05) is 30.3 Å². The summed E-state index contributed by atoms with van der Waals surface area (Å²) in [7, 11) is 1.31. The molecule has 2 aromatic carbocycles. The van der Waals surface area contributed by atoms with Gasteiger partial charge < -0.3 is 20.1 Å². The molecule has 0 spiro atoms. The first kappa shape index (κ1) is 20.1. The molecule has 0 aliphatic carbocycles. The van der Waals surface area contributed by atoms with Gasteiger partial charge >= 0.3 is 11.9 Å². The summed E-state index contributed by atoms with van der Waals surface area (Å²) in [6.45, 7) is 0.327. The highest BCUT2D eigenvalue weighted by Crippen LogP contribution is 2.32. The third kappa shape index (κ3) is 4.63. The standard InChI is InChI=1S/C22H22N2O5/c1-29-22(28)18-13-12-17(24(18)14-15-8-4-2-5-9-15)19(21(26)27)23-20(25)16-10-6-3-7-11-16/h2-11,18H,12-14H2,1H3,(H,23,25)(H,26,27)/b19-17+. The highest BCUT2D eigenvalue weighted by atomic mass is 16.5. The molecule has 0 bridgehead atoms. The summed E-state index contributed by atoms with van der Waals surface area (Å²) in [6, 6.07) is 17.2. The van der Waals surface area contributed by atoms with Crippen molar-refractivity contribution >= 4 is 17.8 Å². The van der Waals surface area contributed by atoms with Gasteiger partial charge in [0.25, 0.3) is 5.91 Å². The zero-order chi connectivity index (χ0) is 20.8. The number of carboxylic acids is 1. The molecule has 3 rings (SSSR count). The molecular formula is C22H22N2O5. The van der Waals surface area contributed by atoms with Crippen LogP contribution in [-0.4, -0.2) is 41.0 Å². The molecule has 1 heterocycles. The van der Waals surface area contributed by atoms with Crippen LogP contribution in [-0.2, 0) is 20.9 Å². The summed E-state index contributed by atoms with van der Waals surface area (Å²) in [5.41, 5.74) is 1.45. The Hall–Kier alpha value is -3.61. The molecule has 1 saturated heterocycles. The first-order valence-electron chi connectivity index (χ1n) is 9.22. The number of esters is 1. The van der Waals surface area contributed by atoms with E-state index in [1.54, 1.807) is 35.2 Å². The van der Waals surface area contributed by atoms with E-state index in [9.17, 15) is 19.5 Å². The highest BCUT2D eigenvalue weighted by molar-refractivity contribution is 6.01. The topological polar surface area (TPSA) is 95.9 Å². The van der Waals surface area contributed by atoms with Crippen molar-refractivity contribution in [1.29, 1.82) is 0 Å². The van der Waals surface area contributed by atoms with Gasteiger partial charge in [-0.2, -0.15) is 0 Å². The maximum atomic E-state index is 12.5. The van der Waals surface area contributed by atoms with Crippen LogP contribution in [0.2, 0.25) is 0 Å². The van der Waals surface area contributed by atoms with Crippen molar-refractivity contribution in [3.8, 4) is 0 Å². The monoisotopic (exact) mass is 394 g/mol. The fourth-order valence-electron chi connectivity index (χ4n) is 3.42. The zero-order valence-electron chi connectivity index (χ0n) is 16.0. The maximum absolute atomic E-state index is 12.5. The molecule has 1 fully saturated rings. The number of ether oxygens (including phenoxy) is 1. The molecule has 1 aliphatic rings. The minimum Gasteiger partial charge on any atom is -0.477 e. The third-order valence-electron chi connectivity index (χ3n) is 4.82. The Morgan fingerprint density at radius 2 is 1.69 bits per heavy atom. The third-order valence-corrected chi connectivity index (χ3v) is 4.82. The van der Waals surface area contributed by atoms with Crippen molar-refractivity contribution in [2.45, 2.75) is 25.4 Å². The average molecular weight is 394 g/mol. The van der Waals surface area contributed by atoms with Gasteiger partial charge in [-0.25, -0.2) is 9.59 Å². The van der Waals surface area contributed by atoms with E-state index in [-0.39, 0.29) is 5.70 Å². The molecule has 1 atom stereocenters. The number of rotatable bonds is 6. The summed E-state index contributed by atoms with van der Waals surface area (Å²) >= 11 is 0. The lowest BCUT2D eigenvalue weighted by atomic mass is 10.1. The molecule has 1 aliphatic heterocycles. The van der Waals surface area contributed by atoms with Crippen molar-refractivity contribution in [1.82, 2.24) is 10.2 Å². The fourth-order valence-corrected chi connectivity index (χ4v) is 3.42. The number of methoxy groups -OCH3 is 1. The number of nitrogens with one attached hydrogen (secondary N) is 1. The number of likely N-dealkylation sites (tertiary alicyclic amines) is 1. The molecule has 0 radical (unpaired) electrons. The molecular weight excluding hydrogens is 372 g/mol. The number of amides is 1. The number of nitrogens with zero attached hydrogens (tertiary/aromatic N) is 1.